The van der Waals surface area contributed by atoms with Gasteiger partial charge in [0.15, 0.2) is 5.96 Å². The Morgan fingerprint density at radius 3 is 2.71 bits per heavy atom. The molecule has 1 atom stereocenters. The summed E-state index contributed by atoms with van der Waals surface area (Å²) < 4.78 is 19.6. The molecule has 1 unspecified atom stereocenters. The van der Waals surface area contributed by atoms with E-state index in [9.17, 15) is 4.39 Å². The predicted molar refractivity (Wildman–Crippen MR) is 123 cm³/mol. The summed E-state index contributed by atoms with van der Waals surface area (Å²) >= 11 is 0. The Labute approximate surface area is 184 Å². The summed E-state index contributed by atoms with van der Waals surface area (Å²) in [5.74, 6) is 1.20. The van der Waals surface area contributed by atoms with E-state index in [1.807, 2.05) is 30.3 Å². The molecule has 0 bridgehead atoms. The quantitative estimate of drug-likeness (QED) is 0.366. The van der Waals surface area contributed by atoms with Gasteiger partial charge in [-0.05, 0) is 36.1 Å². The molecule has 4 nitrogen and oxygen atoms in total. The monoisotopic (exact) mass is 497 g/mol. The number of hydrogen-bond acceptors (Lipinski definition) is 2. The van der Waals surface area contributed by atoms with E-state index in [0.717, 1.165) is 37.6 Å². The fourth-order valence-electron chi connectivity index (χ4n) is 3.34. The first kappa shape index (κ1) is 22.6. The van der Waals surface area contributed by atoms with Crippen molar-refractivity contribution >= 4 is 29.9 Å². The Morgan fingerprint density at radius 2 is 2.00 bits per heavy atom. The van der Waals surface area contributed by atoms with E-state index < -0.39 is 0 Å². The van der Waals surface area contributed by atoms with Crippen LogP contribution in [0.3, 0.4) is 0 Å². The van der Waals surface area contributed by atoms with Crippen molar-refractivity contribution in [2.45, 2.75) is 26.5 Å². The molecular weight excluding hydrogens is 468 g/mol. The van der Waals surface area contributed by atoms with Crippen LogP contribution in [-0.2, 0) is 17.9 Å². The van der Waals surface area contributed by atoms with Crippen molar-refractivity contribution < 1.29 is 9.13 Å². The second-order valence-corrected chi connectivity index (χ2v) is 7.09. The van der Waals surface area contributed by atoms with Gasteiger partial charge >= 0.3 is 0 Å². The zero-order chi connectivity index (χ0) is 19.1. The van der Waals surface area contributed by atoms with Crippen LogP contribution >= 0.6 is 24.0 Å². The van der Waals surface area contributed by atoms with Gasteiger partial charge in [-0.25, -0.2) is 4.39 Å². The minimum atomic E-state index is -0.166. The van der Waals surface area contributed by atoms with Crippen molar-refractivity contribution in [3.63, 3.8) is 0 Å². The molecule has 1 aliphatic heterocycles. The molecule has 0 aliphatic carbocycles. The lowest BCUT2D eigenvalue weighted by Gasteiger charge is -2.22. The molecule has 0 radical (unpaired) electrons. The standard InChI is InChI=1S/C22H28FN3O.HI/c1-17-8-9-19(12-21(17)23)13-25-22(24-2)26-11-10-20(14-26)16-27-15-18-6-4-3-5-7-18;/h3-9,12,20H,10-11,13-16H2,1-2H3,(H,24,25);1H. The van der Waals surface area contributed by atoms with E-state index in [4.69, 9.17) is 4.74 Å². The van der Waals surface area contributed by atoms with Crippen LogP contribution in [0.2, 0.25) is 0 Å². The van der Waals surface area contributed by atoms with Crippen molar-refractivity contribution in [2.24, 2.45) is 10.9 Å². The molecule has 1 fully saturated rings. The van der Waals surface area contributed by atoms with Crippen molar-refractivity contribution in [3.05, 3.63) is 71.0 Å². The summed E-state index contributed by atoms with van der Waals surface area (Å²) in [6.45, 7) is 5.64. The van der Waals surface area contributed by atoms with E-state index in [2.05, 4.69) is 27.3 Å². The third-order valence-corrected chi connectivity index (χ3v) is 4.95. The first-order valence-corrected chi connectivity index (χ1v) is 9.48. The van der Waals surface area contributed by atoms with Crippen LogP contribution in [0.5, 0.6) is 0 Å². The number of hydrogen-bond donors (Lipinski definition) is 1. The maximum Gasteiger partial charge on any atom is 0.193 e. The second kappa shape index (κ2) is 11.4. The van der Waals surface area contributed by atoms with Crippen LogP contribution in [0.4, 0.5) is 4.39 Å². The molecule has 0 aromatic heterocycles. The van der Waals surface area contributed by atoms with Crippen molar-refractivity contribution in [1.82, 2.24) is 10.2 Å². The molecule has 28 heavy (non-hydrogen) atoms. The number of nitrogens with zero attached hydrogens (tertiary/aromatic N) is 2. The average Bonchev–Trinajstić information content (AvgIpc) is 3.15. The lowest BCUT2D eigenvalue weighted by atomic mass is 10.1. The fourth-order valence-corrected chi connectivity index (χ4v) is 3.34. The van der Waals surface area contributed by atoms with Crippen molar-refractivity contribution in [2.75, 3.05) is 26.7 Å². The van der Waals surface area contributed by atoms with Gasteiger partial charge in [0, 0.05) is 32.6 Å². The maximum atomic E-state index is 13.7. The number of aryl methyl sites for hydroxylation is 1. The number of aliphatic imine (C=N–C) groups is 1. The van der Waals surface area contributed by atoms with Crippen LogP contribution in [0.1, 0.15) is 23.1 Å². The molecule has 1 heterocycles. The molecule has 2 aromatic rings. The van der Waals surface area contributed by atoms with E-state index in [1.54, 1.807) is 20.0 Å². The van der Waals surface area contributed by atoms with E-state index >= 15 is 0 Å². The third-order valence-electron chi connectivity index (χ3n) is 4.95. The smallest absolute Gasteiger partial charge is 0.193 e. The maximum absolute atomic E-state index is 13.7. The van der Waals surface area contributed by atoms with Gasteiger partial charge in [-0.2, -0.15) is 0 Å². The molecule has 6 heteroatoms. The highest BCUT2D eigenvalue weighted by molar-refractivity contribution is 14.0. The van der Waals surface area contributed by atoms with Gasteiger partial charge in [0.1, 0.15) is 5.82 Å². The lowest BCUT2D eigenvalue weighted by molar-refractivity contribution is 0.0906. The third kappa shape index (κ3) is 6.44. The summed E-state index contributed by atoms with van der Waals surface area (Å²) in [6, 6.07) is 15.6. The Kier molecular flexibility index (Phi) is 9.18. The van der Waals surface area contributed by atoms with E-state index in [0.29, 0.717) is 24.6 Å². The van der Waals surface area contributed by atoms with Gasteiger partial charge in [0.25, 0.3) is 0 Å². The molecule has 2 aromatic carbocycles. The Morgan fingerprint density at radius 1 is 1.21 bits per heavy atom. The Balaban J connectivity index is 0.00000280. The summed E-state index contributed by atoms with van der Waals surface area (Å²) in [7, 11) is 1.79. The molecule has 0 spiro atoms. The van der Waals surface area contributed by atoms with Crippen LogP contribution < -0.4 is 5.32 Å². The van der Waals surface area contributed by atoms with Crippen LogP contribution in [0.15, 0.2) is 53.5 Å². The molecule has 3 rings (SSSR count). The molecule has 1 aliphatic rings. The minimum absolute atomic E-state index is 0. The number of ether oxygens (including phenoxy) is 1. The van der Waals surface area contributed by atoms with Gasteiger partial charge < -0.3 is 15.0 Å². The molecule has 0 amide bonds. The SMILES string of the molecule is CN=C(NCc1ccc(C)c(F)c1)N1CCC(COCc2ccccc2)C1.I. The van der Waals surface area contributed by atoms with E-state index in [-0.39, 0.29) is 29.8 Å². The van der Waals surface area contributed by atoms with E-state index in [1.165, 1.54) is 5.56 Å². The number of likely N-dealkylation sites (tertiary alicyclic amines) is 1. The topological polar surface area (TPSA) is 36.9 Å². The average molecular weight is 497 g/mol. The summed E-state index contributed by atoms with van der Waals surface area (Å²) in [6.07, 6.45) is 1.09. The number of benzene rings is 2. The highest BCUT2D eigenvalue weighted by atomic mass is 127. The normalized spacial score (nSPS) is 16.8. The minimum Gasteiger partial charge on any atom is -0.376 e. The molecule has 0 saturated carbocycles. The van der Waals surface area contributed by atoms with Crippen molar-refractivity contribution in [1.29, 1.82) is 0 Å². The van der Waals surface area contributed by atoms with Crippen molar-refractivity contribution in [3.8, 4) is 0 Å². The highest BCUT2D eigenvalue weighted by Gasteiger charge is 2.24. The largest absolute Gasteiger partial charge is 0.376 e. The zero-order valence-corrected chi connectivity index (χ0v) is 18.9. The number of rotatable bonds is 6. The highest BCUT2D eigenvalue weighted by Crippen LogP contribution is 2.17. The summed E-state index contributed by atoms with van der Waals surface area (Å²) in [4.78, 5) is 6.64. The first-order chi connectivity index (χ1) is 13.2. The first-order valence-electron chi connectivity index (χ1n) is 9.48. The Bertz CT molecular complexity index is 770. The number of halogens is 2. The van der Waals surface area contributed by atoms with Crippen LogP contribution in [0.25, 0.3) is 0 Å². The summed E-state index contributed by atoms with van der Waals surface area (Å²) in [5.41, 5.74) is 2.79. The Hall–Kier alpha value is -1.67. The number of nitrogens with one attached hydrogen (secondary N) is 1. The molecular formula is C22H29FIN3O. The van der Waals surface area contributed by atoms with Crippen LogP contribution in [-0.4, -0.2) is 37.6 Å². The molecule has 1 N–H and O–H groups in total. The molecule has 152 valence electrons. The number of guanidine groups is 1. The van der Waals surface area contributed by atoms with Gasteiger partial charge in [-0.15, -0.1) is 24.0 Å². The fraction of sp³-hybridized carbons (Fsp3) is 0.409. The molecule has 1 saturated heterocycles. The van der Waals surface area contributed by atoms with Gasteiger partial charge in [-0.3, -0.25) is 4.99 Å². The van der Waals surface area contributed by atoms with Gasteiger partial charge in [0.2, 0.25) is 0 Å². The zero-order valence-electron chi connectivity index (χ0n) is 16.5. The lowest BCUT2D eigenvalue weighted by Crippen LogP contribution is -2.39. The predicted octanol–water partition coefficient (Wildman–Crippen LogP) is 4.37. The van der Waals surface area contributed by atoms with Gasteiger partial charge in [0.05, 0.1) is 13.2 Å². The van der Waals surface area contributed by atoms with Crippen LogP contribution in [0, 0.1) is 18.7 Å². The second-order valence-electron chi connectivity index (χ2n) is 7.09. The summed E-state index contributed by atoms with van der Waals surface area (Å²) in [5, 5.41) is 3.35. The van der Waals surface area contributed by atoms with Gasteiger partial charge in [-0.1, -0.05) is 42.5 Å².